The van der Waals surface area contributed by atoms with Crippen LogP contribution in [-0.4, -0.2) is 38.7 Å². The number of carbonyl (C=O) groups is 1. The van der Waals surface area contributed by atoms with Crippen molar-refractivity contribution in [2.45, 2.75) is 33.4 Å². The Labute approximate surface area is 152 Å². The van der Waals surface area contributed by atoms with Gasteiger partial charge in [-0.05, 0) is 34.9 Å². The molecule has 0 bridgehead atoms. The molecule has 2 aromatic heterocycles. The topological polar surface area (TPSA) is 81.4 Å². The summed E-state index contributed by atoms with van der Waals surface area (Å²) in [5.41, 5.74) is 3.69. The first kappa shape index (κ1) is 18.0. The average molecular weight is 353 g/mol. The zero-order chi connectivity index (χ0) is 18.5. The normalized spacial score (nSPS) is 12.5. The Morgan fingerprint density at radius 1 is 1.23 bits per heavy atom. The van der Waals surface area contributed by atoms with E-state index in [9.17, 15) is 4.79 Å². The highest BCUT2D eigenvalue weighted by atomic mass is 16.5. The van der Waals surface area contributed by atoms with E-state index >= 15 is 0 Å². The standard InChI is InChI=1S/C19H23N5O2/c1-4-26-19(25)17(13(2)3)20-11-15-10-16(14-8-6-5-7-9-14)12-24-18(15)21-22-23-24/h5-10,12-13,17,20H,4,11H2,1-3H3. The van der Waals surface area contributed by atoms with E-state index < -0.39 is 0 Å². The second-order valence-corrected chi connectivity index (χ2v) is 6.42. The van der Waals surface area contributed by atoms with E-state index in [1.54, 1.807) is 4.52 Å². The number of fused-ring (bicyclic) bond motifs is 1. The molecule has 0 aliphatic carbocycles. The molecule has 0 fully saturated rings. The molecule has 26 heavy (non-hydrogen) atoms. The van der Waals surface area contributed by atoms with Crippen LogP contribution in [0.15, 0.2) is 42.6 Å². The number of hydrogen-bond donors (Lipinski definition) is 1. The van der Waals surface area contributed by atoms with Crippen LogP contribution in [0.25, 0.3) is 16.8 Å². The first-order valence-electron chi connectivity index (χ1n) is 8.76. The molecule has 1 unspecified atom stereocenters. The fourth-order valence-corrected chi connectivity index (χ4v) is 2.87. The van der Waals surface area contributed by atoms with Crippen molar-refractivity contribution in [2.75, 3.05) is 6.61 Å². The molecule has 136 valence electrons. The summed E-state index contributed by atoms with van der Waals surface area (Å²) in [6, 6.07) is 11.7. The molecule has 3 rings (SSSR count). The van der Waals surface area contributed by atoms with Crippen molar-refractivity contribution in [3.05, 3.63) is 48.2 Å². The molecule has 0 saturated carbocycles. The number of tetrazole rings is 1. The molecule has 7 heteroatoms. The molecular formula is C19H23N5O2. The van der Waals surface area contributed by atoms with Crippen LogP contribution in [0.1, 0.15) is 26.3 Å². The Morgan fingerprint density at radius 2 is 2.00 bits per heavy atom. The van der Waals surface area contributed by atoms with Crippen molar-refractivity contribution in [3.8, 4) is 11.1 Å². The molecule has 0 aliphatic heterocycles. The van der Waals surface area contributed by atoms with Gasteiger partial charge in [-0.25, -0.2) is 0 Å². The van der Waals surface area contributed by atoms with E-state index in [2.05, 4.69) is 26.9 Å². The fourth-order valence-electron chi connectivity index (χ4n) is 2.87. The molecule has 0 saturated heterocycles. The summed E-state index contributed by atoms with van der Waals surface area (Å²) in [7, 11) is 0. The Balaban J connectivity index is 1.89. The van der Waals surface area contributed by atoms with Crippen molar-refractivity contribution in [3.63, 3.8) is 0 Å². The van der Waals surface area contributed by atoms with Gasteiger partial charge in [-0.1, -0.05) is 44.2 Å². The largest absolute Gasteiger partial charge is 0.465 e. The summed E-state index contributed by atoms with van der Waals surface area (Å²) >= 11 is 0. The minimum absolute atomic E-state index is 0.110. The fraction of sp³-hybridized carbons (Fsp3) is 0.368. The quantitative estimate of drug-likeness (QED) is 0.657. The predicted octanol–water partition coefficient (Wildman–Crippen LogP) is 2.47. The van der Waals surface area contributed by atoms with Gasteiger partial charge in [-0.2, -0.15) is 4.52 Å². The Hall–Kier alpha value is -2.80. The van der Waals surface area contributed by atoms with Crippen LogP contribution >= 0.6 is 0 Å². The van der Waals surface area contributed by atoms with Gasteiger partial charge in [-0.15, -0.1) is 5.10 Å². The van der Waals surface area contributed by atoms with Crippen molar-refractivity contribution in [2.24, 2.45) is 5.92 Å². The smallest absolute Gasteiger partial charge is 0.323 e. The van der Waals surface area contributed by atoms with E-state index in [4.69, 9.17) is 4.74 Å². The zero-order valence-electron chi connectivity index (χ0n) is 15.2. The van der Waals surface area contributed by atoms with Gasteiger partial charge in [0.1, 0.15) is 6.04 Å². The van der Waals surface area contributed by atoms with Crippen molar-refractivity contribution in [1.29, 1.82) is 0 Å². The zero-order valence-corrected chi connectivity index (χ0v) is 15.2. The number of rotatable bonds is 7. The molecule has 1 N–H and O–H groups in total. The number of benzene rings is 1. The SMILES string of the molecule is CCOC(=O)C(NCc1cc(-c2ccccc2)cn2nnnc12)C(C)C. The molecule has 3 aromatic rings. The van der Waals surface area contributed by atoms with Gasteiger partial charge >= 0.3 is 5.97 Å². The molecule has 1 atom stereocenters. The van der Waals surface area contributed by atoms with E-state index in [0.717, 1.165) is 16.7 Å². The van der Waals surface area contributed by atoms with Gasteiger partial charge in [-0.3, -0.25) is 10.1 Å². The van der Waals surface area contributed by atoms with Gasteiger partial charge in [0.05, 0.1) is 6.61 Å². The lowest BCUT2D eigenvalue weighted by molar-refractivity contribution is -0.146. The van der Waals surface area contributed by atoms with Crippen LogP contribution in [0.3, 0.4) is 0 Å². The second kappa shape index (κ2) is 8.05. The highest BCUT2D eigenvalue weighted by Gasteiger charge is 2.23. The van der Waals surface area contributed by atoms with Crippen LogP contribution in [-0.2, 0) is 16.1 Å². The first-order valence-corrected chi connectivity index (χ1v) is 8.76. The number of pyridine rings is 1. The van der Waals surface area contributed by atoms with E-state index in [0.29, 0.717) is 18.8 Å². The third-order valence-corrected chi connectivity index (χ3v) is 4.20. The molecule has 7 nitrogen and oxygen atoms in total. The molecule has 0 radical (unpaired) electrons. The molecule has 1 aromatic carbocycles. The number of ether oxygens (including phenoxy) is 1. The molecule has 0 amide bonds. The maximum atomic E-state index is 12.2. The lowest BCUT2D eigenvalue weighted by Crippen LogP contribution is -2.41. The van der Waals surface area contributed by atoms with Crippen molar-refractivity contribution >= 4 is 11.6 Å². The maximum absolute atomic E-state index is 12.2. The average Bonchev–Trinajstić information content (AvgIpc) is 3.11. The van der Waals surface area contributed by atoms with Crippen LogP contribution in [0.5, 0.6) is 0 Å². The molecule has 0 aliphatic rings. The van der Waals surface area contributed by atoms with E-state index in [1.165, 1.54) is 0 Å². The lowest BCUT2D eigenvalue weighted by atomic mass is 10.0. The lowest BCUT2D eigenvalue weighted by Gasteiger charge is -2.20. The summed E-state index contributed by atoms with van der Waals surface area (Å²) in [4.78, 5) is 12.2. The minimum atomic E-state index is -0.383. The summed E-state index contributed by atoms with van der Waals surface area (Å²) in [6.45, 7) is 6.62. The van der Waals surface area contributed by atoms with Gasteiger partial charge < -0.3 is 4.74 Å². The van der Waals surface area contributed by atoms with E-state index in [-0.39, 0.29) is 17.9 Å². The monoisotopic (exact) mass is 353 g/mol. The highest BCUT2D eigenvalue weighted by Crippen LogP contribution is 2.22. The number of nitrogens with one attached hydrogen (secondary N) is 1. The van der Waals surface area contributed by atoms with Crippen LogP contribution in [0, 0.1) is 5.92 Å². The molecular weight excluding hydrogens is 330 g/mol. The van der Waals surface area contributed by atoms with Crippen LogP contribution in [0.2, 0.25) is 0 Å². The highest BCUT2D eigenvalue weighted by molar-refractivity contribution is 5.76. The van der Waals surface area contributed by atoms with Gasteiger partial charge in [0.2, 0.25) is 0 Å². The summed E-state index contributed by atoms with van der Waals surface area (Å²) in [5.74, 6) is -0.129. The van der Waals surface area contributed by atoms with Crippen LogP contribution in [0.4, 0.5) is 0 Å². The Bertz CT molecular complexity index is 876. The Kier molecular flexibility index (Phi) is 5.58. The third kappa shape index (κ3) is 3.88. The van der Waals surface area contributed by atoms with Crippen molar-refractivity contribution < 1.29 is 9.53 Å². The summed E-state index contributed by atoms with van der Waals surface area (Å²) < 4.78 is 6.83. The Morgan fingerprint density at radius 3 is 2.69 bits per heavy atom. The second-order valence-electron chi connectivity index (χ2n) is 6.42. The predicted molar refractivity (Wildman–Crippen MR) is 98.3 cm³/mol. The number of esters is 1. The van der Waals surface area contributed by atoms with Crippen molar-refractivity contribution in [1.82, 2.24) is 25.4 Å². The van der Waals surface area contributed by atoms with Gasteiger partial charge in [0, 0.05) is 23.9 Å². The van der Waals surface area contributed by atoms with Gasteiger partial charge in [0.25, 0.3) is 0 Å². The summed E-state index contributed by atoms with van der Waals surface area (Å²) in [5, 5.41) is 15.2. The van der Waals surface area contributed by atoms with Gasteiger partial charge in [0.15, 0.2) is 5.65 Å². The number of aromatic nitrogens is 4. The maximum Gasteiger partial charge on any atom is 0.323 e. The first-order chi connectivity index (χ1) is 12.6. The number of carbonyl (C=O) groups excluding carboxylic acids is 1. The molecule has 2 heterocycles. The van der Waals surface area contributed by atoms with E-state index in [1.807, 2.05) is 57.3 Å². The minimum Gasteiger partial charge on any atom is -0.465 e. The third-order valence-electron chi connectivity index (χ3n) is 4.20. The summed E-state index contributed by atoms with van der Waals surface area (Å²) in [6.07, 6.45) is 1.90. The number of nitrogens with zero attached hydrogens (tertiary/aromatic N) is 4. The molecule has 0 spiro atoms. The number of hydrogen-bond acceptors (Lipinski definition) is 6. The van der Waals surface area contributed by atoms with Crippen LogP contribution < -0.4 is 5.32 Å².